The Hall–Kier alpha value is -3.10. The molecule has 166 valence electrons. The van der Waals surface area contributed by atoms with Gasteiger partial charge in [-0.1, -0.05) is 32.0 Å². The van der Waals surface area contributed by atoms with Crippen LogP contribution in [0.4, 0.5) is 10.5 Å². The minimum Gasteiger partial charge on any atom is -0.457 e. The predicted molar refractivity (Wildman–Crippen MR) is 117 cm³/mol. The quantitative estimate of drug-likeness (QED) is 0.517. The molecule has 1 fully saturated rings. The topological polar surface area (TPSA) is 109 Å². The van der Waals surface area contributed by atoms with Crippen LogP contribution in [0, 0.1) is 5.92 Å². The summed E-state index contributed by atoms with van der Waals surface area (Å²) < 4.78 is 10.8. The third-order valence-corrected chi connectivity index (χ3v) is 4.81. The van der Waals surface area contributed by atoms with Gasteiger partial charge in [-0.25, -0.2) is 4.79 Å². The number of aliphatic hydroxyl groups is 1. The number of benzene rings is 2. The van der Waals surface area contributed by atoms with E-state index < -0.39 is 24.4 Å². The molecule has 1 aliphatic rings. The minimum atomic E-state index is -1.02. The molecule has 3 atom stereocenters. The van der Waals surface area contributed by atoms with Gasteiger partial charge >= 0.3 is 6.03 Å². The number of urea groups is 1. The summed E-state index contributed by atoms with van der Waals surface area (Å²) in [7, 11) is 0. The number of carbonyl (C=O) groups excluding carboxylic acids is 2. The average molecular weight is 428 g/mol. The van der Waals surface area contributed by atoms with Crippen molar-refractivity contribution in [1.29, 1.82) is 0 Å². The highest BCUT2D eigenvalue weighted by molar-refractivity contribution is 5.93. The zero-order chi connectivity index (χ0) is 22.2. The van der Waals surface area contributed by atoms with Crippen molar-refractivity contribution in [3.63, 3.8) is 0 Å². The predicted octanol–water partition coefficient (Wildman–Crippen LogP) is 3.24. The lowest BCUT2D eigenvalue weighted by molar-refractivity contribution is -0.127. The van der Waals surface area contributed by atoms with E-state index >= 15 is 0 Å². The number of anilines is 1. The molecule has 2 aromatic carbocycles. The van der Waals surface area contributed by atoms with Gasteiger partial charge in [0.05, 0.1) is 12.6 Å². The second kappa shape index (κ2) is 10.8. The molecule has 0 radical (unpaired) electrons. The Bertz CT molecular complexity index is 857. The van der Waals surface area contributed by atoms with E-state index in [0.29, 0.717) is 30.9 Å². The van der Waals surface area contributed by atoms with Crippen LogP contribution >= 0.6 is 0 Å². The van der Waals surface area contributed by atoms with E-state index in [1.807, 2.05) is 44.2 Å². The summed E-state index contributed by atoms with van der Waals surface area (Å²) in [6.45, 7) is 4.33. The molecular weight excluding hydrogens is 398 g/mol. The maximum absolute atomic E-state index is 12.6. The van der Waals surface area contributed by atoms with Gasteiger partial charge in [-0.05, 0) is 55.2 Å². The fourth-order valence-corrected chi connectivity index (χ4v) is 3.26. The van der Waals surface area contributed by atoms with Crippen molar-refractivity contribution in [3.05, 3.63) is 54.6 Å². The zero-order valence-corrected chi connectivity index (χ0v) is 17.7. The van der Waals surface area contributed by atoms with Crippen molar-refractivity contribution < 1.29 is 24.2 Å². The fourth-order valence-electron chi connectivity index (χ4n) is 3.26. The lowest BCUT2D eigenvalue weighted by Crippen LogP contribution is -2.52. The van der Waals surface area contributed by atoms with E-state index in [0.717, 1.165) is 5.75 Å². The van der Waals surface area contributed by atoms with Crippen LogP contribution in [0.2, 0.25) is 0 Å². The Labute approximate surface area is 181 Å². The van der Waals surface area contributed by atoms with Gasteiger partial charge in [0.25, 0.3) is 0 Å². The Morgan fingerprint density at radius 1 is 1.10 bits per heavy atom. The molecule has 3 amide bonds. The van der Waals surface area contributed by atoms with Crippen molar-refractivity contribution in [1.82, 2.24) is 10.6 Å². The van der Waals surface area contributed by atoms with Crippen LogP contribution in [0.1, 0.15) is 26.7 Å². The van der Waals surface area contributed by atoms with Crippen LogP contribution in [0.3, 0.4) is 0 Å². The summed E-state index contributed by atoms with van der Waals surface area (Å²) in [4.78, 5) is 25.1. The number of hydrogen-bond acceptors (Lipinski definition) is 5. The third kappa shape index (κ3) is 6.97. The number of para-hydroxylation sites is 1. The number of rotatable bonds is 8. The van der Waals surface area contributed by atoms with Gasteiger partial charge in [0.15, 0.2) is 6.29 Å². The molecule has 2 aromatic rings. The Morgan fingerprint density at radius 3 is 2.39 bits per heavy atom. The first-order valence-electron chi connectivity index (χ1n) is 10.4. The molecule has 0 saturated carbocycles. The maximum Gasteiger partial charge on any atom is 0.319 e. The normalized spacial score (nSPS) is 19.0. The minimum absolute atomic E-state index is 0.190. The summed E-state index contributed by atoms with van der Waals surface area (Å²) in [5, 5.41) is 18.0. The number of hydrogen-bond donors (Lipinski definition) is 4. The highest BCUT2D eigenvalue weighted by atomic mass is 16.6. The Balaban J connectivity index is 1.55. The second-order valence-corrected chi connectivity index (χ2v) is 7.89. The van der Waals surface area contributed by atoms with Crippen LogP contribution in [0.25, 0.3) is 0 Å². The number of carbonyl (C=O) groups is 2. The first kappa shape index (κ1) is 22.6. The van der Waals surface area contributed by atoms with E-state index in [1.54, 1.807) is 24.3 Å². The van der Waals surface area contributed by atoms with E-state index in [4.69, 9.17) is 9.47 Å². The highest BCUT2D eigenvalue weighted by Crippen LogP contribution is 2.22. The van der Waals surface area contributed by atoms with Crippen LogP contribution in [-0.4, -0.2) is 42.0 Å². The van der Waals surface area contributed by atoms with Gasteiger partial charge in [-0.3, -0.25) is 4.79 Å². The monoisotopic (exact) mass is 427 g/mol. The van der Waals surface area contributed by atoms with Crippen molar-refractivity contribution in [3.8, 4) is 11.5 Å². The number of ether oxygens (including phenoxy) is 2. The first-order valence-corrected chi connectivity index (χ1v) is 10.4. The SMILES string of the molecule is CC(C)C[C@H](NC(=O)Nc1ccc(Oc2ccccc2)cc1)C(=O)NC1CCO[C@@H]1O. The van der Waals surface area contributed by atoms with Crippen LogP contribution in [-0.2, 0) is 9.53 Å². The zero-order valence-electron chi connectivity index (χ0n) is 17.7. The molecule has 4 N–H and O–H groups in total. The van der Waals surface area contributed by atoms with Crippen LogP contribution < -0.4 is 20.7 Å². The van der Waals surface area contributed by atoms with Crippen molar-refractivity contribution in [2.24, 2.45) is 5.92 Å². The first-order chi connectivity index (χ1) is 14.9. The van der Waals surface area contributed by atoms with Gasteiger partial charge < -0.3 is 30.5 Å². The lowest BCUT2D eigenvalue weighted by Gasteiger charge is -2.23. The van der Waals surface area contributed by atoms with Gasteiger partial charge in [-0.2, -0.15) is 0 Å². The third-order valence-electron chi connectivity index (χ3n) is 4.81. The molecule has 1 aliphatic heterocycles. The average Bonchev–Trinajstić information content (AvgIpc) is 3.14. The molecule has 0 aromatic heterocycles. The molecule has 8 heteroatoms. The van der Waals surface area contributed by atoms with Crippen molar-refractivity contribution in [2.75, 3.05) is 11.9 Å². The summed E-state index contributed by atoms with van der Waals surface area (Å²) in [5.41, 5.74) is 0.571. The molecule has 1 unspecified atom stereocenters. The molecule has 1 saturated heterocycles. The number of aliphatic hydroxyl groups excluding tert-OH is 1. The van der Waals surface area contributed by atoms with Crippen molar-refractivity contribution >= 4 is 17.6 Å². The molecule has 3 rings (SSSR count). The smallest absolute Gasteiger partial charge is 0.319 e. The second-order valence-electron chi connectivity index (χ2n) is 7.89. The van der Waals surface area contributed by atoms with E-state index in [1.165, 1.54) is 0 Å². The summed E-state index contributed by atoms with van der Waals surface area (Å²) in [6.07, 6.45) is -0.0217. The Morgan fingerprint density at radius 2 is 1.77 bits per heavy atom. The standard InChI is InChI=1S/C23H29N3O5/c1-15(2)14-20(21(27)25-19-12-13-30-22(19)28)26-23(29)24-16-8-10-18(11-9-16)31-17-6-4-3-5-7-17/h3-11,15,19-20,22,28H,12-14H2,1-2H3,(H,25,27)(H2,24,26,29)/t19?,20-,22-/m0/s1. The maximum atomic E-state index is 12.6. The Kier molecular flexibility index (Phi) is 7.86. The van der Waals surface area contributed by atoms with Crippen molar-refractivity contribution in [2.45, 2.75) is 45.1 Å². The molecular formula is C23H29N3O5. The molecule has 31 heavy (non-hydrogen) atoms. The number of nitrogens with one attached hydrogen (secondary N) is 3. The van der Waals surface area contributed by atoms with Gasteiger partial charge in [0.1, 0.15) is 17.5 Å². The molecule has 8 nitrogen and oxygen atoms in total. The van der Waals surface area contributed by atoms with Crippen LogP contribution in [0.15, 0.2) is 54.6 Å². The lowest BCUT2D eigenvalue weighted by atomic mass is 10.0. The number of amides is 3. The van der Waals surface area contributed by atoms with Gasteiger partial charge in [-0.15, -0.1) is 0 Å². The van der Waals surface area contributed by atoms with E-state index in [2.05, 4.69) is 16.0 Å². The van der Waals surface area contributed by atoms with Gasteiger partial charge in [0, 0.05) is 5.69 Å². The summed E-state index contributed by atoms with van der Waals surface area (Å²) in [6, 6.07) is 14.7. The molecule has 0 bridgehead atoms. The van der Waals surface area contributed by atoms with E-state index in [-0.39, 0.29) is 11.8 Å². The van der Waals surface area contributed by atoms with Crippen LogP contribution in [0.5, 0.6) is 11.5 Å². The molecule has 0 spiro atoms. The van der Waals surface area contributed by atoms with Gasteiger partial charge in [0.2, 0.25) is 5.91 Å². The fraction of sp³-hybridized carbons (Fsp3) is 0.391. The molecule has 1 heterocycles. The molecule has 0 aliphatic carbocycles. The highest BCUT2D eigenvalue weighted by Gasteiger charge is 2.31. The largest absolute Gasteiger partial charge is 0.457 e. The summed E-state index contributed by atoms with van der Waals surface area (Å²) in [5.74, 6) is 1.22. The summed E-state index contributed by atoms with van der Waals surface area (Å²) >= 11 is 0. The van der Waals surface area contributed by atoms with E-state index in [9.17, 15) is 14.7 Å².